The van der Waals surface area contributed by atoms with Crippen LogP contribution >= 0.6 is 22.6 Å². The van der Waals surface area contributed by atoms with Crippen LogP contribution in [0.15, 0.2) is 12.1 Å². The highest BCUT2D eigenvalue weighted by atomic mass is 127. The highest BCUT2D eigenvalue weighted by Crippen LogP contribution is 2.30. The van der Waals surface area contributed by atoms with Crippen molar-refractivity contribution in [1.29, 1.82) is 0 Å². The Balaban J connectivity index is 3.09. The molecule has 8 heteroatoms. The summed E-state index contributed by atoms with van der Waals surface area (Å²) in [6.45, 7) is -0.763. The normalized spacial score (nSPS) is 9.88. The van der Waals surface area contributed by atoms with Crippen LogP contribution in [0.3, 0.4) is 0 Å². The van der Waals surface area contributed by atoms with Crippen molar-refractivity contribution in [3.63, 3.8) is 0 Å². The minimum Gasteiger partial charge on any atom is -0.479 e. The van der Waals surface area contributed by atoms with E-state index >= 15 is 0 Å². The molecule has 0 saturated heterocycles. The van der Waals surface area contributed by atoms with Crippen LogP contribution in [0.4, 0.5) is 10.1 Å². The molecule has 0 aromatic heterocycles. The molecule has 0 radical (unpaired) electrons. The Kier molecular flexibility index (Phi) is 3.99. The van der Waals surface area contributed by atoms with Gasteiger partial charge in [0, 0.05) is 12.1 Å². The summed E-state index contributed by atoms with van der Waals surface area (Å²) in [6.07, 6.45) is 0. The summed E-state index contributed by atoms with van der Waals surface area (Å²) >= 11 is 1.59. The number of benzene rings is 1. The smallest absolute Gasteiger partial charge is 0.341 e. The number of nitro benzene ring substituents is 1. The summed E-state index contributed by atoms with van der Waals surface area (Å²) in [5, 5.41) is 18.9. The third-order valence-electron chi connectivity index (χ3n) is 1.55. The summed E-state index contributed by atoms with van der Waals surface area (Å²) in [5.74, 6) is -2.40. The lowest BCUT2D eigenvalue weighted by atomic mass is 10.3. The van der Waals surface area contributed by atoms with Crippen molar-refractivity contribution >= 4 is 34.2 Å². The number of halogens is 2. The Morgan fingerprint density at radius 2 is 2.25 bits per heavy atom. The molecule has 0 bridgehead atoms. The number of aliphatic carboxylic acids is 1. The second kappa shape index (κ2) is 5.05. The maximum absolute atomic E-state index is 13.1. The molecule has 0 aliphatic rings. The number of hydrogen-bond donors (Lipinski definition) is 1. The van der Waals surface area contributed by atoms with Crippen LogP contribution in [0.5, 0.6) is 5.75 Å². The van der Waals surface area contributed by atoms with Crippen LogP contribution in [0.1, 0.15) is 0 Å². The third-order valence-corrected chi connectivity index (χ3v) is 2.38. The van der Waals surface area contributed by atoms with Gasteiger partial charge in [0.15, 0.2) is 6.61 Å². The Bertz CT molecular complexity index is 450. The fourth-order valence-corrected chi connectivity index (χ4v) is 1.37. The fourth-order valence-electron chi connectivity index (χ4n) is 0.916. The van der Waals surface area contributed by atoms with E-state index < -0.39 is 34.8 Å². The van der Waals surface area contributed by atoms with Crippen LogP contribution < -0.4 is 4.74 Å². The van der Waals surface area contributed by atoms with E-state index in [4.69, 9.17) is 5.11 Å². The molecule has 1 N–H and O–H groups in total. The molecule has 1 rings (SSSR count). The predicted octanol–water partition coefficient (Wildman–Crippen LogP) is 1.80. The van der Waals surface area contributed by atoms with Crippen molar-refractivity contribution in [2.24, 2.45) is 0 Å². The van der Waals surface area contributed by atoms with Crippen LogP contribution in [0.25, 0.3) is 0 Å². The number of carboxylic acid groups (broad SMARTS) is 1. The molecule has 0 aliphatic carbocycles. The van der Waals surface area contributed by atoms with Crippen molar-refractivity contribution in [2.45, 2.75) is 0 Å². The quantitative estimate of drug-likeness (QED) is 0.512. The molecule has 16 heavy (non-hydrogen) atoms. The van der Waals surface area contributed by atoms with Crippen molar-refractivity contribution in [2.75, 3.05) is 6.61 Å². The van der Waals surface area contributed by atoms with Crippen molar-refractivity contribution in [3.05, 3.63) is 31.6 Å². The first kappa shape index (κ1) is 12.6. The van der Waals surface area contributed by atoms with E-state index in [0.717, 1.165) is 12.1 Å². The Morgan fingerprint density at radius 3 is 2.75 bits per heavy atom. The maximum atomic E-state index is 13.1. The molecule has 6 nitrogen and oxygen atoms in total. The third kappa shape index (κ3) is 3.02. The van der Waals surface area contributed by atoms with E-state index in [9.17, 15) is 19.3 Å². The zero-order valence-corrected chi connectivity index (χ0v) is 9.80. The number of nitrogens with zero attached hydrogens (tertiary/aromatic N) is 1. The van der Waals surface area contributed by atoms with E-state index in [1.54, 1.807) is 22.6 Å². The van der Waals surface area contributed by atoms with E-state index in [0.29, 0.717) is 0 Å². The average molecular weight is 341 g/mol. The number of rotatable bonds is 4. The van der Waals surface area contributed by atoms with E-state index in [-0.39, 0.29) is 3.57 Å². The van der Waals surface area contributed by atoms with Crippen molar-refractivity contribution in [1.82, 2.24) is 0 Å². The highest BCUT2D eigenvalue weighted by molar-refractivity contribution is 14.1. The van der Waals surface area contributed by atoms with Gasteiger partial charge in [0.1, 0.15) is 5.82 Å². The molecule has 1 aromatic rings. The van der Waals surface area contributed by atoms with Gasteiger partial charge in [-0.3, -0.25) is 10.1 Å². The number of nitro groups is 1. The zero-order chi connectivity index (χ0) is 12.3. The van der Waals surface area contributed by atoms with Gasteiger partial charge in [-0.25, -0.2) is 9.18 Å². The number of carbonyl (C=O) groups is 1. The van der Waals surface area contributed by atoms with E-state index in [1.807, 2.05) is 0 Å². The second-order valence-electron chi connectivity index (χ2n) is 2.67. The molecule has 1 aromatic carbocycles. The van der Waals surface area contributed by atoms with Gasteiger partial charge in [-0.2, -0.15) is 0 Å². The molecule has 0 saturated carbocycles. The van der Waals surface area contributed by atoms with Gasteiger partial charge in [-0.1, -0.05) is 0 Å². The Hall–Kier alpha value is -1.45. The summed E-state index contributed by atoms with van der Waals surface area (Å²) in [4.78, 5) is 20.0. The standard InChI is InChI=1S/C8H5FINO5/c9-4-1-7(16-3-8(12)13)6(11(14)15)2-5(4)10/h1-2H,3H2,(H,12,13). The fraction of sp³-hybridized carbons (Fsp3) is 0.125. The number of carboxylic acids is 1. The van der Waals surface area contributed by atoms with Crippen LogP contribution in [0.2, 0.25) is 0 Å². The summed E-state index contributed by atoms with van der Waals surface area (Å²) in [6, 6.07) is 1.77. The molecule has 0 atom stereocenters. The van der Waals surface area contributed by atoms with Gasteiger partial charge in [0.05, 0.1) is 8.49 Å². The zero-order valence-electron chi connectivity index (χ0n) is 7.65. The lowest BCUT2D eigenvalue weighted by Crippen LogP contribution is -2.10. The Morgan fingerprint density at radius 1 is 1.62 bits per heavy atom. The molecular formula is C8H5FINO5. The van der Waals surface area contributed by atoms with E-state index in [1.165, 1.54) is 0 Å². The highest BCUT2D eigenvalue weighted by Gasteiger charge is 2.19. The van der Waals surface area contributed by atoms with Crippen molar-refractivity contribution < 1.29 is 24.0 Å². The minimum absolute atomic E-state index is 0.0620. The maximum Gasteiger partial charge on any atom is 0.341 e. The molecular weight excluding hydrogens is 336 g/mol. The second-order valence-corrected chi connectivity index (χ2v) is 3.84. The Labute approximate surface area is 102 Å². The molecule has 0 spiro atoms. The molecule has 0 aliphatic heterocycles. The van der Waals surface area contributed by atoms with Gasteiger partial charge >= 0.3 is 11.7 Å². The molecule has 0 fully saturated rings. The molecule has 0 heterocycles. The summed E-state index contributed by atoms with van der Waals surface area (Å²) < 4.78 is 17.8. The lowest BCUT2D eigenvalue weighted by Gasteiger charge is -2.05. The monoisotopic (exact) mass is 341 g/mol. The first-order valence-electron chi connectivity index (χ1n) is 3.90. The predicted molar refractivity (Wildman–Crippen MR) is 58.9 cm³/mol. The first-order valence-corrected chi connectivity index (χ1v) is 4.97. The topological polar surface area (TPSA) is 89.7 Å². The average Bonchev–Trinajstić information content (AvgIpc) is 2.18. The molecule has 86 valence electrons. The van der Waals surface area contributed by atoms with Crippen LogP contribution in [0, 0.1) is 19.5 Å². The van der Waals surface area contributed by atoms with Crippen molar-refractivity contribution in [3.8, 4) is 5.75 Å². The van der Waals surface area contributed by atoms with E-state index in [2.05, 4.69) is 4.74 Å². The van der Waals surface area contributed by atoms with Gasteiger partial charge in [0.2, 0.25) is 5.75 Å². The molecule has 0 unspecified atom stereocenters. The number of hydrogen-bond acceptors (Lipinski definition) is 4. The van der Waals surface area contributed by atoms with Crippen LogP contribution in [-0.4, -0.2) is 22.6 Å². The van der Waals surface area contributed by atoms with Crippen LogP contribution in [-0.2, 0) is 4.79 Å². The number of ether oxygens (including phenoxy) is 1. The largest absolute Gasteiger partial charge is 0.479 e. The summed E-state index contributed by atoms with van der Waals surface area (Å²) in [5.41, 5.74) is -0.466. The summed E-state index contributed by atoms with van der Waals surface area (Å²) in [7, 11) is 0. The minimum atomic E-state index is -1.30. The lowest BCUT2D eigenvalue weighted by molar-refractivity contribution is -0.386. The van der Waals surface area contributed by atoms with Gasteiger partial charge in [0.25, 0.3) is 0 Å². The van der Waals surface area contributed by atoms with Gasteiger partial charge in [-0.15, -0.1) is 0 Å². The van der Waals surface area contributed by atoms with Gasteiger partial charge in [-0.05, 0) is 22.6 Å². The molecule has 0 amide bonds. The van der Waals surface area contributed by atoms with Gasteiger partial charge < -0.3 is 9.84 Å². The SMILES string of the molecule is O=C(O)COc1cc(F)c(I)cc1[N+](=O)[O-]. The first-order chi connectivity index (χ1) is 7.41.